The summed E-state index contributed by atoms with van der Waals surface area (Å²) in [6.07, 6.45) is 0.644. The summed E-state index contributed by atoms with van der Waals surface area (Å²) in [7, 11) is 0. The Morgan fingerprint density at radius 3 is 2.47 bits per heavy atom. The monoisotopic (exact) mass is 265 g/mol. The van der Waals surface area contributed by atoms with Crippen LogP contribution in [0.1, 0.15) is 36.2 Å². The topological polar surface area (TPSA) is 77.8 Å². The van der Waals surface area contributed by atoms with E-state index >= 15 is 0 Å². The molecule has 0 spiro atoms. The van der Waals surface area contributed by atoms with Gasteiger partial charge in [-0.1, -0.05) is 13.0 Å². The summed E-state index contributed by atoms with van der Waals surface area (Å²) in [5.41, 5.74) is 0.967. The van der Waals surface area contributed by atoms with Gasteiger partial charge in [-0.05, 0) is 38.0 Å². The largest absolute Gasteiger partial charge is 0.507 e. The van der Waals surface area contributed by atoms with E-state index in [1.807, 2.05) is 6.92 Å². The Bertz CT molecular complexity index is 484. The van der Waals surface area contributed by atoms with E-state index in [1.165, 1.54) is 17.0 Å². The molecule has 5 heteroatoms. The van der Waals surface area contributed by atoms with Gasteiger partial charge in [-0.2, -0.15) is 0 Å². The molecule has 0 saturated heterocycles. The van der Waals surface area contributed by atoms with Crippen molar-refractivity contribution in [2.45, 2.75) is 33.2 Å². The summed E-state index contributed by atoms with van der Waals surface area (Å²) in [4.78, 5) is 24.4. The number of carbonyl (C=O) groups is 2. The average molecular weight is 265 g/mol. The molecule has 1 aromatic rings. The minimum atomic E-state index is -1.07. The lowest BCUT2D eigenvalue weighted by Crippen LogP contribution is -2.41. The molecule has 1 aromatic carbocycles. The maximum atomic E-state index is 12.3. The Morgan fingerprint density at radius 2 is 2.00 bits per heavy atom. The Kier molecular flexibility index (Phi) is 4.92. The van der Waals surface area contributed by atoms with Crippen LogP contribution in [-0.4, -0.2) is 39.6 Å². The van der Waals surface area contributed by atoms with E-state index in [0.717, 1.165) is 5.56 Å². The van der Waals surface area contributed by atoms with Crippen LogP contribution >= 0.6 is 0 Å². The summed E-state index contributed by atoms with van der Waals surface area (Å²) in [5.74, 6) is -1.65. The zero-order chi connectivity index (χ0) is 14.6. The van der Waals surface area contributed by atoms with Crippen molar-refractivity contribution in [2.75, 3.05) is 6.54 Å². The normalized spacial score (nSPS) is 11.9. The molecule has 104 valence electrons. The lowest BCUT2D eigenvalue weighted by Gasteiger charge is -2.27. The highest BCUT2D eigenvalue weighted by Gasteiger charge is 2.24. The number of benzene rings is 1. The molecule has 5 nitrogen and oxygen atoms in total. The first-order valence-corrected chi connectivity index (χ1v) is 6.19. The molecule has 1 unspecified atom stereocenters. The number of carbonyl (C=O) groups excluding carboxylic acids is 1. The van der Waals surface area contributed by atoms with Gasteiger partial charge in [-0.25, -0.2) is 0 Å². The number of rotatable bonds is 5. The fourth-order valence-corrected chi connectivity index (χ4v) is 1.77. The van der Waals surface area contributed by atoms with Crippen LogP contribution in [0.2, 0.25) is 0 Å². The van der Waals surface area contributed by atoms with Crippen molar-refractivity contribution in [3.8, 4) is 5.75 Å². The first-order valence-electron chi connectivity index (χ1n) is 6.19. The number of carboxylic acid groups (broad SMARTS) is 1. The van der Waals surface area contributed by atoms with Gasteiger partial charge in [0.05, 0.1) is 5.56 Å². The van der Waals surface area contributed by atoms with Gasteiger partial charge in [0.1, 0.15) is 12.3 Å². The molecule has 0 aliphatic rings. The lowest BCUT2D eigenvalue weighted by molar-refractivity contribution is -0.138. The summed E-state index contributed by atoms with van der Waals surface area (Å²) in [5, 5.41) is 18.7. The van der Waals surface area contributed by atoms with Crippen LogP contribution in [0.15, 0.2) is 18.2 Å². The quantitative estimate of drug-likeness (QED) is 0.853. The summed E-state index contributed by atoms with van der Waals surface area (Å²) < 4.78 is 0. The molecular formula is C14H19NO4. The van der Waals surface area contributed by atoms with Crippen molar-refractivity contribution >= 4 is 11.9 Å². The van der Waals surface area contributed by atoms with E-state index in [2.05, 4.69) is 0 Å². The van der Waals surface area contributed by atoms with Crippen LogP contribution in [0, 0.1) is 6.92 Å². The van der Waals surface area contributed by atoms with Gasteiger partial charge in [0, 0.05) is 6.04 Å². The number of aliphatic carboxylic acids is 1. The second-order valence-electron chi connectivity index (χ2n) is 4.60. The minimum Gasteiger partial charge on any atom is -0.507 e. The van der Waals surface area contributed by atoms with Gasteiger partial charge in [-0.15, -0.1) is 0 Å². The van der Waals surface area contributed by atoms with Gasteiger partial charge in [0.15, 0.2) is 0 Å². The van der Waals surface area contributed by atoms with Crippen molar-refractivity contribution in [2.24, 2.45) is 0 Å². The molecule has 2 N–H and O–H groups in total. The fourth-order valence-electron chi connectivity index (χ4n) is 1.77. The summed E-state index contributed by atoms with van der Waals surface area (Å²) in [6.45, 7) is 5.09. The fraction of sp³-hybridized carbons (Fsp3) is 0.429. The first-order chi connectivity index (χ1) is 8.86. The molecular weight excluding hydrogens is 246 g/mol. The Balaban J connectivity index is 3.08. The molecule has 0 radical (unpaired) electrons. The summed E-state index contributed by atoms with van der Waals surface area (Å²) >= 11 is 0. The average Bonchev–Trinajstić information content (AvgIpc) is 2.34. The van der Waals surface area contributed by atoms with E-state index in [9.17, 15) is 14.7 Å². The third-order valence-electron chi connectivity index (χ3n) is 3.07. The lowest BCUT2D eigenvalue weighted by atomic mass is 10.1. The molecule has 19 heavy (non-hydrogen) atoms. The predicted molar refractivity (Wildman–Crippen MR) is 71.3 cm³/mol. The Morgan fingerprint density at radius 1 is 1.37 bits per heavy atom. The van der Waals surface area contributed by atoms with Gasteiger partial charge < -0.3 is 15.1 Å². The third-order valence-corrected chi connectivity index (χ3v) is 3.07. The van der Waals surface area contributed by atoms with Crippen molar-refractivity contribution in [3.63, 3.8) is 0 Å². The zero-order valence-electron chi connectivity index (χ0n) is 11.4. The van der Waals surface area contributed by atoms with Crippen molar-refractivity contribution in [3.05, 3.63) is 29.3 Å². The number of aryl methyl sites for hydroxylation is 1. The van der Waals surface area contributed by atoms with Crippen LogP contribution in [-0.2, 0) is 4.79 Å². The summed E-state index contributed by atoms with van der Waals surface area (Å²) in [6, 6.07) is 4.51. The van der Waals surface area contributed by atoms with Crippen molar-refractivity contribution in [1.82, 2.24) is 4.90 Å². The molecule has 0 heterocycles. The molecule has 1 rings (SSSR count). The standard InChI is InChI=1S/C14H19NO4/c1-4-10(3)15(8-13(17)18)14(19)11-6-5-9(2)7-12(11)16/h5-7,10,16H,4,8H2,1-3H3,(H,17,18). The number of phenols is 1. The number of aromatic hydroxyl groups is 1. The Labute approximate surface area is 112 Å². The molecule has 0 aliphatic heterocycles. The van der Waals surface area contributed by atoms with E-state index in [0.29, 0.717) is 6.42 Å². The molecule has 1 atom stereocenters. The van der Waals surface area contributed by atoms with Crippen LogP contribution < -0.4 is 0 Å². The number of phenolic OH excluding ortho intramolecular Hbond substituents is 1. The third kappa shape index (κ3) is 3.71. The van der Waals surface area contributed by atoms with E-state index in [1.54, 1.807) is 19.9 Å². The van der Waals surface area contributed by atoms with Gasteiger partial charge in [0.25, 0.3) is 5.91 Å². The molecule has 0 bridgehead atoms. The van der Waals surface area contributed by atoms with Crippen LogP contribution in [0.3, 0.4) is 0 Å². The van der Waals surface area contributed by atoms with Gasteiger partial charge >= 0.3 is 5.97 Å². The minimum absolute atomic E-state index is 0.122. The molecule has 0 aliphatic carbocycles. The van der Waals surface area contributed by atoms with E-state index < -0.39 is 11.9 Å². The second-order valence-corrected chi connectivity index (χ2v) is 4.60. The highest BCUT2D eigenvalue weighted by atomic mass is 16.4. The van der Waals surface area contributed by atoms with E-state index in [4.69, 9.17) is 5.11 Å². The zero-order valence-corrected chi connectivity index (χ0v) is 11.4. The Hall–Kier alpha value is -2.04. The molecule has 0 aromatic heterocycles. The maximum Gasteiger partial charge on any atom is 0.323 e. The number of hydrogen-bond donors (Lipinski definition) is 2. The smallest absolute Gasteiger partial charge is 0.323 e. The van der Waals surface area contributed by atoms with Crippen molar-refractivity contribution < 1.29 is 19.8 Å². The predicted octanol–water partition coefficient (Wildman–Crippen LogP) is 2.03. The highest BCUT2D eigenvalue weighted by molar-refractivity contribution is 5.98. The van der Waals surface area contributed by atoms with Crippen LogP contribution in [0.5, 0.6) is 5.75 Å². The highest BCUT2D eigenvalue weighted by Crippen LogP contribution is 2.21. The van der Waals surface area contributed by atoms with Crippen LogP contribution in [0.25, 0.3) is 0 Å². The number of amides is 1. The van der Waals surface area contributed by atoms with Crippen LogP contribution in [0.4, 0.5) is 0 Å². The first kappa shape index (κ1) is 15.0. The SMILES string of the molecule is CCC(C)N(CC(=O)O)C(=O)c1ccc(C)cc1O. The number of carboxylic acids is 1. The second kappa shape index (κ2) is 6.22. The van der Waals surface area contributed by atoms with Crippen molar-refractivity contribution in [1.29, 1.82) is 0 Å². The number of hydrogen-bond acceptors (Lipinski definition) is 3. The molecule has 0 saturated carbocycles. The maximum absolute atomic E-state index is 12.3. The molecule has 1 amide bonds. The van der Waals surface area contributed by atoms with E-state index in [-0.39, 0.29) is 23.9 Å². The number of nitrogens with zero attached hydrogens (tertiary/aromatic N) is 1. The van der Waals surface area contributed by atoms with Gasteiger partial charge in [0.2, 0.25) is 0 Å². The molecule has 0 fully saturated rings. The van der Waals surface area contributed by atoms with Gasteiger partial charge in [-0.3, -0.25) is 9.59 Å².